The molecule has 1 saturated heterocycles. The van der Waals surface area contributed by atoms with Crippen LogP contribution in [0.5, 0.6) is 17.2 Å². The Kier molecular flexibility index (Phi) is 5.86. The van der Waals surface area contributed by atoms with Gasteiger partial charge in [-0.3, -0.25) is 0 Å². The lowest BCUT2D eigenvalue weighted by Gasteiger charge is -2.40. The van der Waals surface area contributed by atoms with E-state index in [1.807, 2.05) is 37.3 Å². The molecular formula is C22H26O8. The number of methoxy groups -OCH3 is 1. The average molecular weight is 418 g/mol. The third-order valence-electron chi connectivity index (χ3n) is 5.78. The molecule has 0 radical (unpaired) electrons. The number of aliphatic hydroxyl groups excluding tert-OH is 4. The zero-order valence-electron chi connectivity index (χ0n) is 16.8. The van der Waals surface area contributed by atoms with Crippen molar-refractivity contribution in [3.63, 3.8) is 0 Å². The fraction of sp³-hybridized carbons (Fsp3) is 0.455. The second-order valence-electron chi connectivity index (χ2n) is 7.59. The fourth-order valence-corrected chi connectivity index (χ4v) is 4.00. The molecule has 0 amide bonds. The van der Waals surface area contributed by atoms with Gasteiger partial charge in [-0.1, -0.05) is 12.1 Å². The van der Waals surface area contributed by atoms with Gasteiger partial charge in [-0.15, -0.1) is 0 Å². The van der Waals surface area contributed by atoms with Crippen LogP contribution in [0.15, 0.2) is 30.3 Å². The predicted molar refractivity (Wildman–Crippen MR) is 106 cm³/mol. The number of hydrogen-bond donors (Lipinski definition) is 4. The maximum absolute atomic E-state index is 10.6. The molecule has 2 aromatic rings. The molecule has 4 N–H and O–H groups in total. The first-order chi connectivity index (χ1) is 14.4. The van der Waals surface area contributed by atoms with E-state index in [-0.39, 0.29) is 6.79 Å². The zero-order valence-corrected chi connectivity index (χ0v) is 16.8. The minimum atomic E-state index is -1.47. The van der Waals surface area contributed by atoms with E-state index in [9.17, 15) is 20.4 Å². The van der Waals surface area contributed by atoms with Crippen LogP contribution in [0.1, 0.15) is 28.4 Å². The van der Waals surface area contributed by atoms with Crippen LogP contribution < -0.4 is 14.2 Å². The molecule has 0 spiro atoms. The van der Waals surface area contributed by atoms with Crippen molar-refractivity contribution in [2.45, 2.75) is 43.9 Å². The van der Waals surface area contributed by atoms with Crippen molar-refractivity contribution in [1.82, 2.24) is 0 Å². The lowest BCUT2D eigenvalue weighted by Crippen LogP contribution is -2.55. The summed E-state index contributed by atoms with van der Waals surface area (Å²) < 4.78 is 22.3. The number of fused-ring (bicyclic) bond motifs is 1. The molecule has 2 aromatic carbocycles. The van der Waals surface area contributed by atoms with Crippen molar-refractivity contribution in [2.24, 2.45) is 0 Å². The lowest BCUT2D eigenvalue weighted by atomic mass is 9.88. The fourth-order valence-electron chi connectivity index (χ4n) is 4.00. The van der Waals surface area contributed by atoms with E-state index in [4.69, 9.17) is 18.9 Å². The summed E-state index contributed by atoms with van der Waals surface area (Å²) >= 11 is 0. The summed E-state index contributed by atoms with van der Waals surface area (Å²) in [6.07, 6.45) is -5.69. The first kappa shape index (κ1) is 20.9. The van der Waals surface area contributed by atoms with Gasteiger partial charge in [0.15, 0.2) is 11.5 Å². The van der Waals surface area contributed by atoms with Crippen LogP contribution in [0.2, 0.25) is 0 Å². The molecule has 0 bridgehead atoms. The first-order valence-corrected chi connectivity index (χ1v) is 9.80. The van der Waals surface area contributed by atoms with Crippen molar-refractivity contribution in [2.75, 3.05) is 20.5 Å². The highest BCUT2D eigenvalue weighted by atomic mass is 16.7. The van der Waals surface area contributed by atoms with Gasteiger partial charge >= 0.3 is 0 Å². The number of benzene rings is 2. The minimum absolute atomic E-state index is 0.0343. The molecule has 4 rings (SSSR count). The second-order valence-corrected chi connectivity index (χ2v) is 7.59. The molecule has 0 aromatic heterocycles. The van der Waals surface area contributed by atoms with E-state index in [1.165, 1.54) is 0 Å². The Labute approximate surface area is 174 Å². The van der Waals surface area contributed by atoms with Gasteiger partial charge in [0.1, 0.15) is 36.3 Å². The standard InChI is InChI=1S/C22H26O8/c1-11-13(7-12-3-5-14(27-2)6-4-12)8-15(22-20(11)28-10-29-22)21-19(26)18(25)17(24)16(9-23)30-21/h3-6,8,16-19,21,23-26H,7,9-10H2,1-2H3. The quantitative estimate of drug-likeness (QED) is 0.564. The number of hydrogen-bond acceptors (Lipinski definition) is 8. The van der Waals surface area contributed by atoms with Crippen LogP contribution in [0.25, 0.3) is 0 Å². The smallest absolute Gasteiger partial charge is 0.231 e. The van der Waals surface area contributed by atoms with Crippen molar-refractivity contribution in [1.29, 1.82) is 0 Å². The summed E-state index contributed by atoms with van der Waals surface area (Å²) in [4.78, 5) is 0. The molecular weight excluding hydrogens is 392 g/mol. The number of ether oxygens (including phenoxy) is 4. The van der Waals surface area contributed by atoms with Crippen LogP contribution >= 0.6 is 0 Å². The number of rotatable bonds is 5. The molecule has 0 saturated carbocycles. The Morgan fingerprint density at radius 2 is 1.70 bits per heavy atom. The average Bonchev–Trinajstić information content (AvgIpc) is 3.26. The molecule has 162 valence electrons. The lowest BCUT2D eigenvalue weighted by molar-refractivity contribution is -0.232. The van der Waals surface area contributed by atoms with Crippen molar-refractivity contribution in [3.05, 3.63) is 52.6 Å². The van der Waals surface area contributed by atoms with E-state index in [0.29, 0.717) is 23.5 Å². The monoisotopic (exact) mass is 418 g/mol. The summed E-state index contributed by atoms with van der Waals surface area (Å²) in [7, 11) is 1.61. The predicted octanol–water partition coefficient (Wildman–Crippen LogP) is 0.838. The highest BCUT2D eigenvalue weighted by Crippen LogP contribution is 2.46. The number of aliphatic hydroxyl groups is 4. The summed E-state index contributed by atoms with van der Waals surface area (Å²) in [5.41, 5.74) is 3.41. The molecule has 0 aliphatic carbocycles. The summed E-state index contributed by atoms with van der Waals surface area (Å²) in [5.74, 6) is 1.77. The van der Waals surface area contributed by atoms with Gasteiger partial charge in [0.2, 0.25) is 6.79 Å². The summed E-state index contributed by atoms with van der Waals surface area (Å²) in [5, 5.41) is 40.4. The van der Waals surface area contributed by atoms with Gasteiger partial charge in [0.05, 0.1) is 13.7 Å². The van der Waals surface area contributed by atoms with Crippen LogP contribution in [0.3, 0.4) is 0 Å². The van der Waals surface area contributed by atoms with Crippen molar-refractivity contribution >= 4 is 0 Å². The SMILES string of the molecule is COc1ccc(Cc2cc(C3OC(CO)C(O)C(O)C3O)c3c(c2C)OCO3)cc1. The third-order valence-corrected chi connectivity index (χ3v) is 5.78. The molecule has 8 heteroatoms. The summed E-state index contributed by atoms with van der Waals surface area (Å²) in [6, 6.07) is 9.57. The van der Waals surface area contributed by atoms with Gasteiger partial charge in [0, 0.05) is 5.56 Å². The Morgan fingerprint density at radius 1 is 1.00 bits per heavy atom. The van der Waals surface area contributed by atoms with Gasteiger partial charge in [-0.25, -0.2) is 0 Å². The molecule has 2 aliphatic heterocycles. The minimum Gasteiger partial charge on any atom is -0.497 e. The van der Waals surface area contributed by atoms with Gasteiger partial charge in [0.25, 0.3) is 0 Å². The van der Waals surface area contributed by atoms with Gasteiger partial charge in [-0.05, 0) is 48.2 Å². The second kappa shape index (κ2) is 8.41. The molecule has 5 unspecified atom stereocenters. The largest absolute Gasteiger partial charge is 0.497 e. The van der Waals surface area contributed by atoms with Crippen LogP contribution in [-0.4, -0.2) is 65.4 Å². The van der Waals surface area contributed by atoms with Crippen LogP contribution in [0, 0.1) is 6.92 Å². The normalized spacial score (nSPS) is 27.9. The molecule has 2 heterocycles. The van der Waals surface area contributed by atoms with E-state index < -0.39 is 37.1 Å². The maximum Gasteiger partial charge on any atom is 0.231 e. The summed E-state index contributed by atoms with van der Waals surface area (Å²) in [6.45, 7) is 1.47. The van der Waals surface area contributed by atoms with Crippen molar-refractivity contribution < 1.29 is 39.4 Å². The van der Waals surface area contributed by atoms with E-state index >= 15 is 0 Å². The topological polar surface area (TPSA) is 118 Å². The Balaban J connectivity index is 1.73. The molecule has 8 nitrogen and oxygen atoms in total. The molecule has 2 aliphatic rings. The zero-order chi connectivity index (χ0) is 21.4. The molecule has 1 fully saturated rings. The third kappa shape index (κ3) is 3.61. The Hall–Kier alpha value is -2.36. The van der Waals surface area contributed by atoms with Crippen molar-refractivity contribution in [3.8, 4) is 17.2 Å². The maximum atomic E-state index is 10.6. The van der Waals surface area contributed by atoms with Crippen LogP contribution in [0.4, 0.5) is 0 Å². The highest BCUT2D eigenvalue weighted by Gasteiger charge is 2.45. The first-order valence-electron chi connectivity index (χ1n) is 9.80. The van der Waals surface area contributed by atoms with Crippen LogP contribution in [-0.2, 0) is 11.2 Å². The molecule has 5 atom stereocenters. The van der Waals surface area contributed by atoms with E-state index in [1.54, 1.807) is 7.11 Å². The molecule has 30 heavy (non-hydrogen) atoms. The van der Waals surface area contributed by atoms with E-state index in [0.717, 1.165) is 22.4 Å². The van der Waals surface area contributed by atoms with Gasteiger partial charge < -0.3 is 39.4 Å². The highest BCUT2D eigenvalue weighted by molar-refractivity contribution is 5.58. The van der Waals surface area contributed by atoms with E-state index in [2.05, 4.69) is 0 Å². The van der Waals surface area contributed by atoms with Gasteiger partial charge in [-0.2, -0.15) is 0 Å². The Bertz CT molecular complexity index is 895. The Morgan fingerprint density at radius 3 is 2.37 bits per heavy atom.